The fourth-order valence-corrected chi connectivity index (χ4v) is 3.91. The molecule has 2 heterocycles. The van der Waals surface area contributed by atoms with Crippen molar-refractivity contribution < 1.29 is 9.21 Å². The number of benzene rings is 1. The number of furan rings is 1. The van der Waals surface area contributed by atoms with E-state index in [0.717, 1.165) is 31.0 Å². The topological polar surface area (TPSA) is 73.1 Å². The molecule has 8 heteroatoms. The van der Waals surface area contributed by atoms with Gasteiger partial charge >= 0.3 is 0 Å². The molecular formula is C24H36IN5O2. The van der Waals surface area contributed by atoms with Crippen LogP contribution >= 0.6 is 24.0 Å². The zero-order valence-corrected chi connectivity index (χ0v) is 21.5. The van der Waals surface area contributed by atoms with Crippen LogP contribution in [0.4, 0.5) is 0 Å². The molecule has 1 aromatic carbocycles. The lowest BCUT2D eigenvalue weighted by Gasteiger charge is -2.27. The van der Waals surface area contributed by atoms with Crippen molar-refractivity contribution in [3.8, 4) is 0 Å². The van der Waals surface area contributed by atoms with E-state index in [2.05, 4.69) is 20.5 Å². The number of amides is 1. The van der Waals surface area contributed by atoms with Crippen molar-refractivity contribution in [3.05, 3.63) is 60.1 Å². The van der Waals surface area contributed by atoms with Gasteiger partial charge in [-0.3, -0.25) is 9.69 Å². The van der Waals surface area contributed by atoms with E-state index in [4.69, 9.17) is 4.42 Å². The second-order valence-corrected chi connectivity index (χ2v) is 7.74. The van der Waals surface area contributed by atoms with Crippen molar-refractivity contribution in [2.75, 3.05) is 39.3 Å². The number of likely N-dealkylation sites (tertiary alicyclic amines) is 1. The Hall–Kier alpha value is -2.07. The van der Waals surface area contributed by atoms with Crippen LogP contribution < -0.4 is 10.6 Å². The summed E-state index contributed by atoms with van der Waals surface area (Å²) in [5.41, 5.74) is 1.12. The number of hydrogen-bond donors (Lipinski definition) is 2. The highest BCUT2D eigenvalue weighted by Crippen LogP contribution is 2.24. The Kier molecular flexibility index (Phi) is 11.6. The van der Waals surface area contributed by atoms with Crippen LogP contribution in [0.2, 0.25) is 0 Å². The molecule has 1 aliphatic heterocycles. The Morgan fingerprint density at radius 2 is 1.88 bits per heavy atom. The van der Waals surface area contributed by atoms with Gasteiger partial charge in [0.2, 0.25) is 5.91 Å². The maximum Gasteiger partial charge on any atom is 0.244 e. The molecule has 1 amide bonds. The summed E-state index contributed by atoms with van der Waals surface area (Å²) in [6, 6.07) is 14.2. The predicted octanol–water partition coefficient (Wildman–Crippen LogP) is 3.64. The highest BCUT2D eigenvalue weighted by Gasteiger charge is 2.25. The molecule has 0 bridgehead atoms. The van der Waals surface area contributed by atoms with Crippen LogP contribution in [-0.4, -0.2) is 60.9 Å². The van der Waals surface area contributed by atoms with Gasteiger partial charge in [-0.15, -0.1) is 24.0 Å². The highest BCUT2D eigenvalue weighted by molar-refractivity contribution is 14.0. The summed E-state index contributed by atoms with van der Waals surface area (Å²) in [4.78, 5) is 21.6. The molecule has 1 unspecified atom stereocenters. The Morgan fingerprint density at radius 1 is 1.12 bits per heavy atom. The number of carbonyl (C=O) groups is 1. The van der Waals surface area contributed by atoms with Crippen molar-refractivity contribution in [2.45, 2.75) is 39.3 Å². The number of nitrogens with zero attached hydrogens (tertiary/aromatic N) is 3. The van der Waals surface area contributed by atoms with Crippen LogP contribution in [0, 0.1) is 0 Å². The summed E-state index contributed by atoms with van der Waals surface area (Å²) in [6.07, 6.45) is 4.16. The normalized spacial score (nSPS) is 15.1. The summed E-state index contributed by atoms with van der Waals surface area (Å²) >= 11 is 0. The van der Waals surface area contributed by atoms with Gasteiger partial charge < -0.3 is 20.0 Å². The lowest BCUT2D eigenvalue weighted by molar-refractivity contribution is -0.130. The van der Waals surface area contributed by atoms with Gasteiger partial charge in [0, 0.05) is 26.2 Å². The summed E-state index contributed by atoms with van der Waals surface area (Å²) in [6.45, 7) is 8.95. The van der Waals surface area contributed by atoms with E-state index in [1.807, 2.05) is 61.2 Å². The first-order chi connectivity index (χ1) is 15.2. The molecule has 1 saturated heterocycles. The first kappa shape index (κ1) is 26.2. The molecule has 176 valence electrons. The molecule has 0 saturated carbocycles. The molecule has 32 heavy (non-hydrogen) atoms. The summed E-state index contributed by atoms with van der Waals surface area (Å²) in [5, 5.41) is 6.67. The van der Waals surface area contributed by atoms with E-state index in [-0.39, 0.29) is 42.5 Å². The maximum absolute atomic E-state index is 12.8. The number of guanidine groups is 1. The molecule has 1 fully saturated rings. The molecule has 0 spiro atoms. The third-order valence-corrected chi connectivity index (χ3v) is 5.58. The van der Waals surface area contributed by atoms with Crippen LogP contribution in [0.15, 0.2) is 58.1 Å². The lowest BCUT2D eigenvalue weighted by atomic mass is 10.2. The van der Waals surface area contributed by atoms with E-state index in [1.54, 1.807) is 6.26 Å². The van der Waals surface area contributed by atoms with Gasteiger partial charge in [0.15, 0.2) is 5.96 Å². The molecule has 1 aliphatic rings. The Bertz CT molecular complexity index is 807. The zero-order chi connectivity index (χ0) is 21.9. The van der Waals surface area contributed by atoms with Gasteiger partial charge in [-0.2, -0.15) is 0 Å². The minimum absolute atomic E-state index is 0. The van der Waals surface area contributed by atoms with Crippen molar-refractivity contribution >= 4 is 35.8 Å². The molecule has 1 atom stereocenters. The largest absolute Gasteiger partial charge is 0.468 e. The lowest BCUT2D eigenvalue weighted by Crippen LogP contribution is -2.43. The van der Waals surface area contributed by atoms with Crippen molar-refractivity contribution in [1.29, 1.82) is 0 Å². The summed E-state index contributed by atoms with van der Waals surface area (Å²) in [5.74, 6) is 1.63. The third-order valence-electron chi connectivity index (χ3n) is 5.58. The first-order valence-electron chi connectivity index (χ1n) is 11.3. The van der Waals surface area contributed by atoms with Gasteiger partial charge in [0.1, 0.15) is 12.3 Å². The molecule has 3 rings (SSSR count). The van der Waals surface area contributed by atoms with Gasteiger partial charge in [-0.1, -0.05) is 30.3 Å². The molecular weight excluding hydrogens is 517 g/mol. The van der Waals surface area contributed by atoms with Crippen LogP contribution in [0.25, 0.3) is 0 Å². The van der Waals surface area contributed by atoms with Crippen LogP contribution in [-0.2, 0) is 11.3 Å². The second kappa shape index (κ2) is 14.2. The minimum Gasteiger partial charge on any atom is -0.468 e. The van der Waals surface area contributed by atoms with E-state index in [9.17, 15) is 4.79 Å². The monoisotopic (exact) mass is 553 g/mol. The van der Waals surface area contributed by atoms with Crippen molar-refractivity contribution in [2.24, 2.45) is 4.99 Å². The Labute approximate surface area is 208 Å². The number of halogens is 1. The molecule has 0 radical (unpaired) electrons. The number of likely N-dealkylation sites (N-methyl/N-ethyl adjacent to an activating group) is 1. The molecule has 2 aromatic rings. The minimum atomic E-state index is 0. The van der Waals surface area contributed by atoms with Crippen LogP contribution in [0.3, 0.4) is 0 Å². The van der Waals surface area contributed by atoms with E-state index < -0.39 is 0 Å². The molecule has 2 N–H and O–H groups in total. The predicted molar refractivity (Wildman–Crippen MR) is 139 cm³/mol. The number of rotatable bonds is 10. The van der Waals surface area contributed by atoms with Crippen molar-refractivity contribution in [1.82, 2.24) is 20.4 Å². The van der Waals surface area contributed by atoms with Gasteiger partial charge in [0.05, 0.1) is 12.3 Å². The molecule has 0 aliphatic carbocycles. The van der Waals surface area contributed by atoms with E-state index >= 15 is 0 Å². The zero-order valence-electron chi connectivity index (χ0n) is 19.1. The van der Waals surface area contributed by atoms with Gasteiger partial charge in [-0.25, -0.2) is 4.99 Å². The standard InChI is InChI=1S/C24H35N5O2.HI/c1-3-25-24(26-17-21(22-13-10-16-31-22)29-14-8-9-15-29)27-18-23(30)28(4-2)19-20-11-6-5-7-12-20;/h5-7,10-13,16,21H,3-4,8-9,14-15,17-19H2,1-2H3,(H2,25,26,27);1H. The van der Waals surface area contributed by atoms with Gasteiger partial charge in [-0.05, 0) is 57.5 Å². The molecule has 1 aromatic heterocycles. The number of aliphatic imine (C=N–C) groups is 1. The highest BCUT2D eigenvalue weighted by atomic mass is 127. The SMILES string of the molecule is CCNC(=NCC(=O)N(CC)Cc1ccccc1)NCC(c1ccco1)N1CCCC1.I. The van der Waals surface area contributed by atoms with Crippen LogP contribution in [0.1, 0.15) is 44.1 Å². The van der Waals surface area contributed by atoms with Crippen LogP contribution in [0.5, 0.6) is 0 Å². The molecule has 7 nitrogen and oxygen atoms in total. The Balaban J connectivity index is 0.00000363. The summed E-state index contributed by atoms with van der Waals surface area (Å²) < 4.78 is 5.70. The number of carbonyl (C=O) groups excluding carboxylic acids is 1. The van der Waals surface area contributed by atoms with E-state index in [0.29, 0.717) is 25.6 Å². The fraction of sp³-hybridized carbons (Fsp3) is 0.500. The average molecular weight is 553 g/mol. The third kappa shape index (κ3) is 7.81. The number of nitrogens with one attached hydrogen (secondary N) is 2. The van der Waals surface area contributed by atoms with Gasteiger partial charge in [0.25, 0.3) is 0 Å². The van der Waals surface area contributed by atoms with Crippen molar-refractivity contribution in [3.63, 3.8) is 0 Å². The van der Waals surface area contributed by atoms with E-state index in [1.165, 1.54) is 12.8 Å². The first-order valence-corrected chi connectivity index (χ1v) is 11.3. The second-order valence-electron chi connectivity index (χ2n) is 7.74. The maximum atomic E-state index is 12.8. The quantitative estimate of drug-likeness (QED) is 0.267. The Morgan fingerprint density at radius 3 is 2.50 bits per heavy atom. The summed E-state index contributed by atoms with van der Waals surface area (Å²) in [7, 11) is 0. The smallest absolute Gasteiger partial charge is 0.244 e. The fourth-order valence-electron chi connectivity index (χ4n) is 3.91. The number of hydrogen-bond acceptors (Lipinski definition) is 4. The average Bonchev–Trinajstić information content (AvgIpc) is 3.51.